The molecule has 2 aliphatic rings. The molecule has 2 aliphatic carbocycles. The fraction of sp³-hybridized carbons (Fsp3) is 1.00. The van der Waals surface area contributed by atoms with Crippen LogP contribution in [-0.4, -0.2) is 17.3 Å². The van der Waals surface area contributed by atoms with Gasteiger partial charge in [0.15, 0.2) is 0 Å². The van der Waals surface area contributed by atoms with E-state index in [0.717, 1.165) is 37.5 Å². The van der Waals surface area contributed by atoms with Gasteiger partial charge in [-0.25, -0.2) is 0 Å². The molecule has 2 fully saturated rings. The fourth-order valence-corrected chi connectivity index (χ4v) is 4.77. The van der Waals surface area contributed by atoms with Gasteiger partial charge in [-0.3, -0.25) is 0 Å². The largest absolute Gasteiger partial charge is 0.389 e. The molecule has 0 aromatic rings. The van der Waals surface area contributed by atoms with Crippen LogP contribution in [0.15, 0.2) is 0 Å². The average molecular weight is 267 g/mol. The van der Waals surface area contributed by atoms with E-state index >= 15 is 0 Å². The molecule has 0 aliphatic heterocycles. The van der Waals surface area contributed by atoms with Crippen molar-refractivity contribution in [1.82, 2.24) is 0 Å². The molecule has 19 heavy (non-hydrogen) atoms. The second-order valence-corrected chi connectivity index (χ2v) is 7.27. The molecule has 2 nitrogen and oxygen atoms in total. The van der Waals surface area contributed by atoms with Crippen molar-refractivity contribution < 1.29 is 5.11 Å². The first-order valence-corrected chi connectivity index (χ1v) is 8.51. The predicted molar refractivity (Wildman–Crippen MR) is 80.9 cm³/mol. The second-order valence-electron chi connectivity index (χ2n) is 7.27. The highest BCUT2D eigenvalue weighted by Gasteiger charge is 2.53. The maximum Gasteiger partial charge on any atom is 0.0716 e. The predicted octanol–water partition coefficient (Wildman–Crippen LogP) is 3.86. The molecule has 112 valence electrons. The van der Waals surface area contributed by atoms with E-state index < -0.39 is 5.60 Å². The zero-order valence-electron chi connectivity index (χ0n) is 13.0. The molecular weight excluding hydrogens is 234 g/mol. The average Bonchev–Trinajstić information content (AvgIpc) is 2.87. The quantitative estimate of drug-likeness (QED) is 0.794. The summed E-state index contributed by atoms with van der Waals surface area (Å²) in [6.07, 6.45) is 11.9. The molecule has 0 bridgehead atoms. The number of nitrogens with two attached hydrogens (primary N) is 1. The van der Waals surface area contributed by atoms with Gasteiger partial charge in [-0.05, 0) is 56.8 Å². The molecule has 0 amide bonds. The van der Waals surface area contributed by atoms with Crippen LogP contribution in [0.1, 0.15) is 78.1 Å². The molecule has 2 heteroatoms. The summed E-state index contributed by atoms with van der Waals surface area (Å²) in [7, 11) is 0. The van der Waals surface area contributed by atoms with Gasteiger partial charge in [-0.15, -0.1) is 0 Å². The Balaban J connectivity index is 2.03. The van der Waals surface area contributed by atoms with Crippen molar-refractivity contribution in [2.45, 2.75) is 83.7 Å². The van der Waals surface area contributed by atoms with Crippen LogP contribution in [0.3, 0.4) is 0 Å². The zero-order valence-corrected chi connectivity index (χ0v) is 13.0. The van der Waals surface area contributed by atoms with Gasteiger partial charge in [0, 0.05) is 12.0 Å². The van der Waals surface area contributed by atoms with Crippen molar-refractivity contribution in [3.8, 4) is 0 Å². The van der Waals surface area contributed by atoms with Crippen molar-refractivity contribution in [1.29, 1.82) is 0 Å². The lowest BCUT2D eigenvalue weighted by Gasteiger charge is -2.49. The summed E-state index contributed by atoms with van der Waals surface area (Å²) in [5.74, 6) is 1.64. The van der Waals surface area contributed by atoms with Crippen molar-refractivity contribution >= 4 is 0 Å². The molecule has 2 rings (SSSR count). The third kappa shape index (κ3) is 2.85. The normalized spacial score (nSPS) is 43.6. The van der Waals surface area contributed by atoms with Crippen molar-refractivity contribution in [2.75, 3.05) is 6.54 Å². The Hall–Kier alpha value is -0.0800. The molecule has 0 aromatic carbocycles. The van der Waals surface area contributed by atoms with Crippen LogP contribution in [0.5, 0.6) is 0 Å². The van der Waals surface area contributed by atoms with Crippen LogP contribution in [-0.2, 0) is 0 Å². The minimum absolute atomic E-state index is 0.0326. The van der Waals surface area contributed by atoms with E-state index in [2.05, 4.69) is 13.8 Å². The van der Waals surface area contributed by atoms with E-state index in [4.69, 9.17) is 5.73 Å². The summed E-state index contributed by atoms with van der Waals surface area (Å²) in [4.78, 5) is 0. The second kappa shape index (κ2) is 6.13. The van der Waals surface area contributed by atoms with Crippen LogP contribution in [0.4, 0.5) is 0 Å². The van der Waals surface area contributed by atoms with Crippen molar-refractivity contribution in [3.05, 3.63) is 0 Å². The smallest absolute Gasteiger partial charge is 0.0716 e. The molecule has 3 N–H and O–H groups in total. The summed E-state index contributed by atoms with van der Waals surface area (Å²) in [6, 6.07) is 0. The van der Waals surface area contributed by atoms with Crippen LogP contribution < -0.4 is 5.73 Å². The Morgan fingerprint density at radius 1 is 1.05 bits per heavy atom. The fourth-order valence-electron chi connectivity index (χ4n) is 4.77. The highest BCUT2D eigenvalue weighted by molar-refractivity contribution is 5.05. The molecule has 0 aromatic heterocycles. The maximum absolute atomic E-state index is 11.2. The summed E-state index contributed by atoms with van der Waals surface area (Å²) in [6.45, 7) is 5.23. The van der Waals surface area contributed by atoms with Gasteiger partial charge in [0.1, 0.15) is 0 Å². The van der Waals surface area contributed by atoms with Gasteiger partial charge in [0.25, 0.3) is 0 Å². The van der Waals surface area contributed by atoms with Gasteiger partial charge < -0.3 is 10.8 Å². The third-order valence-corrected chi connectivity index (χ3v) is 6.30. The van der Waals surface area contributed by atoms with Crippen LogP contribution in [0.25, 0.3) is 0 Å². The first kappa shape index (κ1) is 15.3. The first-order valence-electron chi connectivity index (χ1n) is 8.51. The van der Waals surface area contributed by atoms with Crippen molar-refractivity contribution in [2.24, 2.45) is 23.0 Å². The molecular formula is C17H33NO. The highest BCUT2D eigenvalue weighted by atomic mass is 16.3. The van der Waals surface area contributed by atoms with Gasteiger partial charge in [0.2, 0.25) is 0 Å². The molecule has 0 spiro atoms. The molecule has 2 unspecified atom stereocenters. The number of hydrogen-bond donors (Lipinski definition) is 2. The number of hydrogen-bond acceptors (Lipinski definition) is 2. The van der Waals surface area contributed by atoms with Crippen LogP contribution in [0, 0.1) is 17.3 Å². The lowest BCUT2D eigenvalue weighted by Crippen LogP contribution is -2.53. The molecule has 0 saturated heterocycles. The standard InChI is InChI=1S/C17H33NO/c1-3-5-15-7-10-17(19,11-8-15)16(13-18)9-6-14(4-2)12-16/h14-15,19H,3-13,18H2,1-2H3. The molecule has 0 heterocycles. The van der Waals surface area contributed by atoms with E-state index in [1.165, 1.54) is 38.5 Å². The first-order chi connectivity index (χ1) is 9.09. The van der Waals surface area contributed by atoms with E-state index in [1.54, 1.807) is 0 Å². The summed E-state index contributed by atoms with van der Waals surface area (Å²) in [5, 5.41) is 11.2. The Morgan fingerprint density at radius 2 is 1.68 bits per heavy atom. The van der Waals surface area contributed by atoms with Gasteiger partial charge in [0.05, 0.1) is 5.60 Å². The number of rotatable bonds is 5. The summed E-state index contributed by atoms with van der Waals surface area (Å²) < 4.78 is 0. The molecule has 2 atom stereocenters. The number of aliphatic hydroxyl groups is 1. The van der Waals surface area contributed by atoms with E-state index in [0.29, 0.717) is 6.54 Å². The van der Waals surface area contributed by atoms with Gasteiger partial charge in [-0.2, -0.15) is 0 Å². The minimum atomic E-state index is -0.462. The van der Waals surface area contributed by atoms with Crippen LogP contribution >= 0.6 is 0 Å². The van der Waals surface area contributed by atoms with E-state index in [-0.39, 0.29) is 5.41 Å². The molecule has 2 saturated carbocycles. The Morgan fingerprint density at radius 3 is 2.16 bits per heavy atom. The lowest BCUT2D eigenvalue weighted by atomic mass is 9.61. The Bertz CT molecular complexity index is 283. The SMILES string of the molecule is CCCC1CCC(O)(C2(CN)CCC(CC)C2)CC1. The van der Waals surface area contributed by atoms with Crippen LogP contribution in [0.2, 0.25) is 0 Å². The topological polar surface area (TPSA) is 46.2 Å². The minimum Gasteiger partial charge on any atom is -0.389 e. The lowest BCUT2D eigenvalue weighted by molar-refractivity contribution is -0.113. The monoisotopic (exact) mass is 267 g/mol. The van der Waals surface area contributed by atoms with Gasteiger partial charge in [-0.1, -0.05) is 33.1 Å². The van der Waals surface area contributed by atoms with E-state index in [1.807, 2.05) is 0 Å². The summed E-state index contributed by atoms with van der Waals surface area (Å²) >= 11 is 0. The summed E-state index contributed by atoms with van der Waals surface area (Å²) in [5.41, 5.74) is 5.71. The zero-order chi connectivity index (χ0) is 13.9. The van der Waals surface area contributed by atoms with Gasteiger partial charge >= 0.3 is 0 Å². The van der Waals surface area contributed by atoms with Crippen molar-refractivity contribution in [3.63, 3.8) is 0 Å². The Labute approximate surface area is 119 Å². The highest BCUT2D eigenvalue weighted by Crippen LogP contribution is 2.54. The Kier molecular flexibility index (Phi) is 4.94. The third-order valence-electron chi connectivity index (χ3n) is 6.30. The molecule has 0 radical (unpaired) electrons. The van der Waals surface area contributed by atoms with E-state index in [9.17, 15) is 5.11 Å². The maximum atomic E-state index is 11.2.